The van der Waals surface area contributed by atoms with E-state index in [1.165, 1.54) is 0 Å². The summed E-state index contributed by atoms with van der Waals surface area (Å²) in [6.07, 6.45) is 2.63. The predicted molar refractivity (Wildman–Crippen MR) is 116 cm³/mol. The molecule has 1 aromatic carbocycles. The van der Waals surface area contributed by atoms with Gasteiger partial charge in [-0.3, -0.25) is 4.79 Å². The lowest BCUT2D eigenvalue weighted by Crippen LogP contribution is -2.38. The molecule has 1 amide bonds. The minimum absolute atomic E-state index is 0.0357. The smallest absolute Gasteiger partial charge is 0.242 e. The van der Waals surface area contributed by atoms with Crippen LogP contribution >= 0.6 is 0 Å². The maximum absolute atomic E-state index is 12.5. The van der Waals surface area contributed by atoms with Gasteiger partial charge in [-0.1, -0.05) is 12.1 Å². The summed E-state index contributed by atoms with van der Waals surface area (Å²) in [5.74, 6) is 0.874. The highest BCUT2D eigenvalue weighted by atomic mass is 16.2. The van der Waals surface area contributed by atoms with E-state index in [1.54, 1.807) is 4.52 Å². The number of rotatable bonds is 3. The van der Waals surface area contributed by atoms with Crippen LogP contribution in [-0.4, -0.2) is 42.6 Å². The van der Waals surface area contributed by atoms with Crippen molar-refractivity contribution in [1.29, 1.82) is 5.26 Å². The van der Waals surface area contributed by atoms with Crippen molar-refractivity contribution in [1.82, 2.24) is 29.5 Å². The number of aromatic nitrogens is 5. The number of fused-ring (bicyclic) bond motifs is 3. The predicted octanol–water partition coefficient (Wildman–Crippen LogP) is 2.54. The average Bonchev–Trinajstić information content (AvgIpc) is 3.27. The van der Waals surface area contributed by atoms with Gasteiger partial charge in [-0.15, -0.1) is 5.10 Å². The number of hydrogen-bond acceptors (Lipinski definition) is 6. The molecule has 5 rings (SSSR count). The van der Waals surface area contributed by atoms with E-state index in [-0.39, 0.29) is 11.9 Å². The Morgan fingerprint density at radius 3 is 2.94 bits per heavy atom. The standard InChI is InChI=1S/C22H22N8O/c1-13-11-15(18(12-23)29(13)2)19-27-20-14-7-3-4-8-16(14)25-22(30(20)28-19)26-17-9-5-6-10-24-21(17)31/h3-4,7-8,11,17H,5-6,9-10H2,1-2H3,(H,24,31)(H,25,26)/t17-/m1/s1. The molecule has 3 aromatic heterocycles. The SMILES string of the molecule is Cc1cc(-c2nc3c4ccccc4nc(N[C@@H]4CCCCNC4=O)n3n2)c(C#N)n1C. The van der Waals surface area contributed by atoms with Crippen molar-refractivity contribution in [2.24, 2.45) is 7.05 Å². The Hall–Kier alpha value is -3.93. The van der Waals surface area contributed by atoms with Gasteiger partial charge in [-0.2, -0.15) is 9.78 Å². The molecule has 31 heavy (non-hydrogen) atoms. The molecule has 0 radical (unpaired) electrons. The van der Waals surface area contributed by atoms with Crippen LogP contribution in [0.15, 0.2) is 30.3 Å². The molecule has 0 aliphatic carbocycles. The normalized spacial score (nSPS) is 16.8. The Balaban J connectivity index is 1.70. The van der Waals surface area contributed by atoms with Gasteiger partial charge in [0.1, 0.15) is 17.8 Å². The van der Waals surface area contributed by atoms with Gasteiger partial charge in [0.2, 0.25) is 11.9 Å². The van der Waals surface area contributed by atoms with Gasteiger partial charge >= 0.3 is 0 Å². The topological polar surface area (TPSA) is 113 Å². The Labute approximate surface area is 178 Å². The lowest BCUT2D eigenvalue weighted by atomic mass is 10.1. The van der Waals surface area contributed by atoms with E-state index in [0.717, 1.165) is 35.9 Å². The van der Waals surface area contributed by atoms with Crippen molar-refractivity contribution in [3.8, 4) is 17.5 Å². The summed E-state index contributed by atoms with van der Waals surface area (Å²) in [7, 11) is 1.85. The van der Waals surface area contributed by atoms with E-state index < -0.39 is 0 Å². The van der Waals surface area contributed by atoms with E-state index in [2.05, 4.69) is 16.7 Å². The molecule has 156 valence electrons. The number of nitrogens with zero attached hydrogens (tertiary/aromatic N) is 6. The van der Waals surface area contributed by atoms with Gasteiger partial charge < -0.3 is 15.2 Å². The number of anilines is 1. The van der Waals surface area contributed by atoms with Crippen LogP contribution < -0.4 is 10.6 Å². The minimum Gasteiger partial charge on any atom is -0.354 e. The Morgan fingerprint density at radius 2 is 2.10 bits per heavy atom. The molecule has 0 unspecified atom stereocenters. The van der Waals surface area contributed by atoms with Crippen LogP contribution in [0.2, 0.25) is 0 Å². The fraction of sp³-hybridized carbons (Fsp3) is 0.318. The highest BCUT2D eigenvalue weighted by Crippen LogP contribution is 2.28. The third-order valence-corrected chi connectivity index (χ3v) is 5.84. The van der Waals surface area contributed by atoms with Gasteiger partial charge in [0.05, 0.1) is 11.1 Å². The second-order valence-corrected chi connectivity index (χ2v) is 7.83. The molecule has 0 spiro atoms. The first-order chi connectivity index (χ1) is 15.1. The van der Waals surface area contributed by atoms with Crippen molar-refractivity contribution in [3.63, 3.8) is 0 Å². The van der Waals surface area contributed by atoms with E-state index in [9.17, 15) is 10.1 Å². The highest BCUT2D eigenvalue weighted by Gasteiger charge is 2.24. The van der Waals surface area contributed by atoms with Crippen molar-refractivity contribution < 1.29 is 4.79 Å². The van der Waals surface area contributed by atoms with Gasteiger partial charge in [0.25, 0.3) is 0 Å². The molecule has 1 saturated heterocycles. The van der Waals surface area contributed by atoms with Crippen LogP contribution in [0.25, 0.3) is 27.9 Å². The highest BCUT2D eigenvalue weighted by molar-refractivity contribution is 5.93. The number of aryl methyl sites for hydroxylation is 1. The summed E-state index contributed by atoms with van der Waals surface area (Å²) in [6.45, 7) is 2.63. The van der Waals surface area contributed by atoms with Crippen molar-refractivity contribution in [3.05, 3.63) is 41.7 Å². The van der Waals surface area contributed by atoms with Crippen molar-refractivity contribution >= 4 is 28.4 Å². The summed E-state index contributed by atoms with van der Waals surface area (Å²) in [4.78, 5) is 22.0. The molecule has 1 aliphatic heterocycles. The molecule has 0 bridgehead atoms. The van der Waals surface area contributed by atoms with Gasteiger partial charge in [0.15, 0.2) is 11.5 Å². The first-order valence-corrected chi connectivity index (χ1v) is 10.3. The van der Waals surface area contributed by atoms with Crippen LogP contribution in [-0.2, 0) is 11.8 Å². The van der Waals surface area contributed by atoms with Crippen molar-refractivity contribution in [2.75, 3.05) is 11.9 Å². The van der Waals surface area contributed by atoms with Gasteiger partial charge in [-0.05, 0) is 44.4 Å². The summed E-state index contributed by atoms with van der Waals surface area (Å²) in [6, 6.07) is 11.5. The lowest BCUT2D eigenvalue weighted by Gasteiger charge is -2.16. The largest absolute Gasteiger partial charge is 0.354 e. The zero-order chi connectivity index (χ0) is 21.5. The molecule has 9 nitrogen and oxygen atoms in total. The molecule has 4 heterocycles. The monoisotopic (exact) mass is 414 g/mol. The first-order valence-electron chi connectivity index (χ1n) is 10.3. The molecular formula is C22H22N8O. The fourth-order valence-corrected chi connectivity index (χ4v) is 4.03. The van der Waals surface area contributed by atoms with Crippen LogP contribution in [0, 0.1) is 18.3 Å². The van der Waals surface area contributed by atoms with Crippen LogP contribution in [0.1, 0.15) is 30.7 Å². The number of benzene rings is 1. The minimum atomic E-state index is -0.388. The summed E-state index contributed by atoms with van der Waals surface area (Å²) >= 11 is 0. The van der Waals surface area contributed by atoms with E-state index in [0.29, 0.717) is 35.2 Å². The third kappa shape index (κ3) is 3.17. The summed E-state index contributed by atoms with van der Waals surface area (Å²) in [5.41, 5.74) is 3.51. The molecule has 4 aromatic rings. The van der Waals surface area contributed by atoms with Crippen molar-refractivity contribution in [2.45, 2.75) is 32.2 Å². The molecule has 2 N–H and O–H groups in total. The van der Waals surface area contributed by atoms with Gasteiger partial charge in [0, 0.05) is 24.7 Å². The number of nitrogens with one attached hydrogen (secondary N) is 2. The fourth-order valence-electron chi connectivity index (χ4n) is 4.03. The van der Waals surface area contributed by atoms with E-state index in [4.69, 9.17) is 15.1 Å². The zero-order valence-corrected chi connectivity index (χ0v) is 17.4. The zero-order valence-electron chi connectivity index (χ0n) is 17.4. The van der Waals surface area contributed by atoms with Gasteiger partial charge in [-0.25, -0.2) is 9.97 Å². The maximum Gasteiger partial charge on any atom is 0.242 e. The second-order valence-electron chi connectivity index (χ2n) is 7.83. The summed E-state index contributed by atoms with van der Waals surface area (Å²) < 4.78 is 3.46. The average molecular weight is 414 g/mol. The first kappa shape index (κ1) is 19.1. The Morgan fingerprint density at radius 1 is 1.26 bits per heavy atom. The number of nitriles is 1. The molecular weight excluding hydrogens is 392 g/mol. The number of para-hydroxylation sites is 1. The maximum atomic E-state index is 12.5. The number of carbonyl (C=O) groups excluding carboxylic acids is 1. The van der Waals surface area contributed by atoms with Crippen LogP contribution in [0.3, 0.4) is 0 Å². The second kappa shape index (κ2) is 7.40. The molecule has 0 saturated carbocycles. The lowest BCUT2D eigenvalue weighted by molar-refractivity contribution is -0.121. The van der Waals surface area contributed by atoms with Crippen LogP contribution in [0.4, 0.5) is 5.95 Å². The summed E-state index contributed by atoms with van der Waals surface area (Å²) in [5, 5.41) is 21.4. The third-order valence-electron chi connectivity index (χ3n) is 5.84. The number of hydrogen-bond donors (Lipinski definition) is 2. The van der Waals surface area contributed by atoms with E-state index in [1.807, 2.05) is 48.9 Å². The van der Waals surface area contributed by atoms with E-state index >= 15 is 0 Å². The molecule has 1 aliphatic rings. The Bertz CT molecular complexity index is 1360. The van der Waals surface area contributed by atoms with Crippen LogP contribution in [0.5, 0.6) is 0 Å². The number of amides is 1. The molecule has 1 fully saturated rings. The molecule has 9 heteroatoms. The molecule has 1 atom stereocenters. The number of carbonyl (C=O) groups is 1. The Kier molecular flexibility index (Phi) is 4.55. The quantitative estimate of drug-likeness (QED) is 0.533.